The van der Waals surface area contributed by atoms with Gasteiger partial charge < -0.3 is 10.6 Å². The van der Waals surface area contributed by atoms with Crippen molar-refractivity contribution in [3.05, 3.63) is 35.1 Å². The summed E-state index contributed by atoms with van der Waals surface area (Å²) in [6.45, 7) is 6.91. The fourth-order valence-corrected chi connectivity index (χ4v) is 2.15. The number of nitrogens with two attached hydrogens (primary N) is 1. The van der Waals surface area contributed by atoms with Gasteiger partial charge >= 0.3 is 0 Å². The third kappa shape index (κ3) is 2.12. The molecule has 1 amide bonds. The van der Waals surface area contributed by atoms with Crippen LogP contribution in [-0.4, -0.2) is 29.4 Å². The van der Waals surface area contributed by atoms with Crippen LogP contribution in [0.5, 0.6) is 0 Å². The van der Waals surface area contributed by atoms with Crippen molar-refractivity contribution >= 4 is 5.91 Å². The Labute approximate surface area is 107 Å². The highest BCUT2D eigenvalue weighted by molar-refractivity contribution is 5.95. The van der Waals surface area contributed by atoms with Gasteiger partial charge in [-0.15, -0.1) is 0 Å². The Kier molecular flexibility index (Phi) is 3.15. The van der Waals surface area contributed by atoms with Crippen molar-refractivity contribution in [2.24, 2.45) is 11.7 Å². The summed E-state index contributed by atoms with van der Waals surface area (Å²) in [6.07, 6.45) is 0. The maximum atomic E-state index is 13.6. The fourth-order valence-electron chi connectivity index (χ4n) is 2.15. The fraction of sp³-hybridized carbons (Fsp3) is 0.500. The molecule has 0 radical (unpaired) electrons. The van der Waals surface area contributed by atoms with E-state index in [4.69, 9.17) is 5.73 Å². The summed E-state index contributed by atoms with van der Waals surface area (Å²) in [4.78, 5) is 13.7. The lowest BCUT2D eigenvalue weighted by Crippen LogP contribution is -2.71. The molecule has 1 aromatic rings. The van der Waals surface area contributed by atoms with Crippen LogP contribution in [0, 0.1) is 18.7 Å². The lowest BCUT2D eigenvalue weighted by Gasteiger charge is -2.50. The second-order valence-electron chi connectivity index (χ2n) is 5.53. The largest absolute Gasteiger partial charge is 0.335 e. The molecule has 1 heterocycles. The minimum absolute atomic E-state index is 0.140. The smallest absolute Gasteiger partial charge is 0.256 e. The van der Waals surface area contributed by atoms with Gasteiger partial charge in [0.25, 0.3) is 5.91 Å². The molecule has 0 atom stereocenters. The second kappa shape index (κ2) is 4.35. The average molecular weight is 250 g/mol. The average Bonchev–Trinajstić information content (AvgIpc) is 2.27. The van der Waals surface area contributed by atoms with Crippen LogP contribution in [0.1, 0.15) is 29.8 Å². The van der Waals surface area contributed by atoms with Crippen molar-refractivity contribution in [3.63, 3.8) is 0 Å². The molecule has 0 bridgehead atoms. The molecule has 0 aliphatic carbocycles. The van der Waals surface area contributed by atoms with E-state index in [-0.39, 0.29) is 17.0 Å². The van der Waals surface area contributed by atoms with Gasteiger partial charge in [-0.2, -0.15) is 0 Å². The summed E-state index contributed by atoms with van der Waals surface area (Å²) in [6, 6.07) is 4.58. The predicted molar refractivity (Wildman–Crippen MR) is 68.8 cm³/mol. The predicted octanol–water partition coefficient (Wildman–Crippen LogP) is 1.94. The summed E-state index contributed by atoms with van der Waals surface area (Å²) < 4.78 is 13.6. The van der Waals surface area contributed by atoms with Crippen LogP contribution < -0.4 is 5.73 Å². The Morgan fingerprint density at radius 2 is 2.06 bits per heavy atom. The van der Waals surface area contributed by atoms with Crippen molar-refractivity contribution in [1.82, 2.24) is 4.90 Å². The molecule has 0 spiro atoms. The number of carbonyl (C=O) groups is 1. The van der Waals surface area contributed by atoms with Crippen LogP contribution in [0.15, 0.2) is 18.2 Å². The molecule has 98 valence electrons. The molecule has 1 fully saturated rings. The van der Waals surface area contributed by atoms with E-state index < -0.39 is 5.82 Å². The first-order valence-electron chi connectivity index (χ1n) is 6.18. The SMILES string of the molecule is Cc1ccc(F)c(C(=O)N2CC(N)(C(C)C)C2)c1. The van der Waals surface area contributed by atoms with E-state index in [1.165, 1.54) is 6.07 Å². The van der Waals surface area contributed by atoms with Crippen LogP contribution in [0.4, 0.5) is 4.39 Å². The molecule has 3 nitrogen and oxygen atoms in total. The van der Waals surface area contributed by atoms with Crippen LogP contribution in [0.25, 0.3) is 0 Å². The van der Waals surface area contributed by atoms with E-state index in [9.17, 15) is 9.18 Å². The molecule has 2 N–H and O–H groups in total. The summed E-state index contributed by atoms with van der Waals surface area (Å²) in [5.74, 6) is -0.425. The Hall–Kier alpha value is -1.42. The van der Waals surface area contributed by atoms with E-state index in [2.05, 4.69) is 0 Å². The number of nitrogens with zero attached hydrogens (tertiary/aromatic N) is 1. The van der Waals surface area contributed by atoms with Crippen LogP contribution in [-0.2, 0) is 0 Å². The molecule has 0 saturated carbocycles. The van der Waals surface area contributed by atoms with E-state index in [0.29, 0.717) is 19.0 Å². The van der Waals surface area contributed by atoms with E-state index in [1.807, 2.05) is 20.8 Å². The van der Waals surface area contributed by atoms with Crippen molar-refractivity contribution in [1.29, 1.82) is 0 Å². The van der Waals surface area contributed by atoms with Gasteiger partial charge in [-0.3, -0.25) is 4.79 Å². The van der Waals surface area contributed by atoms with E-state index in [1.54, 1.807) is 17.0 Å². The van der Waals surface area contributed by atoms with Gasteiger partial charge in [0.1, 0.15) is 5.82 Å². The minimum Gasteiger partial charge on any atom is -0.335 e. The highest BCUT2D eigenvalue weighted by Crippen LogP contribution is 2.28. The molecule has 2 rings (SSSR count). The Morgan fingerprint density at radius 3 is 2.61 bits per heavy atom. The Balaban J connectivity index is 2.13. The molecule has 1 aliphatic heterocycles. The third-order valence-electron chi connectivity index (χ3n) is 3.76. The van der Waals surface area contributed by atoms with Gasteiger partial charge in [0.15, 0.2) is 0 Å². The topological polar surface area (TPSA) is 46.3 Å². The van der Waals surface area contributed by atoms with Crippen molar-refractivity contribution in [3.8, 4) is 0 Å². The molecule has 18 heavy (non-hydrogen) atoms. The summed E-state index contributed by atoms with van der Waals surface area (Å²) in [5, 5.41) is 0. The zero-order valence-electron chi connectivity index (χ0n) is 11.0. The van der Waals surface area contributed by atoms with E-state index in [0.717, 1.165) is 5.56 Å². The lowest BCUT2D eigenvalue weighted by atomic mass is 9.80. The highest BCUT2D eigenvalue weighted by atomic mass is 19.1. The molecular formula is C14H19FN2O. The van der Waals surface area contributed by atoms with Crippen LogP contribution in [0.2, 0.25) is 0 Å². The van der Waals surface area contributed by atoms with Crippen LogP contribution >= 0.6 is 0 Å². The first-order valence-corrected chi connectivity index (χ1v) is 6.18. The third-order valence-corrected chi connectivity index (χ3v) is 3.76. The number of hydrogen-bond acceptors (Lipinski definition) is 2. The molecule has 0 unspecified atom stereocenters. The normalized spacial score (nSPS) is 17.8. The quantitative estimate of drug-likeness (QED) is 0.872. The van der Waals surface area contributed by atoms with Gasteiger partial charge in [0.05, 0.1) is 11.1 Å². The molecule has 4 heteroatoms. The van der Waals surface area contributed by atoms with Crippen molar-refractivity contribution < 1.29 is 9.18 Å². The monoisotopic (exact) mass is 250 g/mol. The van der Waals surface area contributed by atoms with Gasteiger partial charge in [0, 0.05) is 13.1 Å². The summed E-state index contributed by atoms with van der Waals surface area (Å²) in [7, 11) is 0. The standard InChI is InChI=1S/C14H19FN2O/c1-9(2)14(16)7-17(8-14)13(18)11-6-10(3)4-5-12(11)15/h4-6,9H,7-8,16H2,1-3H3. The Morgan fingerprint density at radius 1 is 1.44 bits per heavy atom. The van der Waals surface area contributed by atoms with E-state index >= 15 is 0 Å². The van der Waals surface area contributed by atoms with Gasteiger partial charge in [-0.1, -0.05) is 25.5 Å². The van der Waals surface area contributed by atoms with Crippen molar-refractivity contribution in [2.75, 3.05) is 13.1 Å². The maximum absolute atomic E-state index is 13.6. The highest BCUT2D eigenvalue weighted by Gasteiger charge is 2.44. The number of halogens is 1. The van der Waals surface area contributed by atoms with Crippen molar-refractivity contribution in [2.45, 2.75) is 26.3 Å². The summed E-state index contributed by atoms with van der Waals surface area (Å²) in [5.41, 5.74) is 6.83. The maximum Gasteiger partial charge on any atom is 0.256 e. The van der Waals surface area contributed by atoms with Crippen LogP contribution in [0.3, 0.4) is 0 Å². The number of rotatable bonds is 2. The number of amides is 1. The molecule has 1 saturated heterocycles. The first-order chi connectivity index (χ1) is 8.33. The zero-order valence-corrected chi connectivity index (χ0v) is 11.0. The second-order valence-corrected chi connectivity index (χ2v) is 5.53. The number of aryl methyl sites for hydroxylation is 1. The number of hydrogen-bond donors (Lipinski definition) is 1. The lowest BCUT2D eigenvalue weighted by molar-refractivity contribution is 0.0271. The molecular weight excluding hydrogens is 231 g/mol. The number of carbonyl (C=O) groups excluding carboxylic acids is 1. The molecule has 0 aromatic heterocycles. The van der Waals surface area contributed by atoms with Gasteiger partial charge in [-0.05, 0) is 25.0 Å². The van der Waals surface area contributed by atoms with Gasteiger partial charge in [0.2, 0.25) is 0 Å². The van der Waals surface area contributed by atoms with Gasteiger partial charge in [-0.25, -0.2) is 4.39 Å². The molecule has 1 aliphatic rings. The Bertz CT molecular complexity index is 479. The zero-order chi connectivity index (χ0) is 13.5. The first kappa shape index (κ1) is 13.0. The summed E-state index contributed by atoms with van der Waals surface area (Å²) >= 11 is 0. The molecule has 1 aromatic carbocycles. The minimum atomic E-state index is -0.468. The number of benzene rings is 1. The number of likely N-dealkylation sites (tertiary alicyclic amines) is 1.